The predicted octanol–water partition coefficient (Wildman–Crippen LogP) is 8.16. The molecule has 22 atom stereocenters. The Morgan fingerprint density at radius 2 is 0.878 bits per heavy atom. The third-order valence-electron chi connectivity index (χ3n) is 22.1. The Kier molecular flexibility index (Phi) is 4.14. The molecule has 49 heavy (non-hydrogen) atoms. The molecule has 0 amide bonds. The Labute approximate surface area is 289 Å². The maximum absolute atomic E-state index is 13.1. The third-order valence-corrected chi connectivity index (χ3v) is 22.1. The van der Waals surface area contributed by atoms with E-state index >= 15 is 0 Å². The van der Waals surface area contributed by atoms with Crippen LogP contribution in [-0.4, -0.2) is 25.8 Å². The number of rotatable bonds is 2. The summed E-state index contributed by atoms with van der Waals surface area (Å²) in [7, 11) is 3.81. The SMILES string of the molecule is COc1c2c(c(OC)c3ccccc13)C1CCC2C2C3CC(C12)C1C3C2(C)C3C4CC(C5C4C4(C)C6C7CC(C(=O)C7=O)C6C54C)C3C12C. The topological polar surface area (TPSA) is 52.6 Å². The fourth-order valence-electron chi connectivity index (χ4n) is 21.9. The number of carbonyl (C=O) groups excluding carboxylic acids is 2. The first-order valence-corrected chi connectivity index (χ1v) is 20.4. The van der Waals surface area contributed by atoms with Crippen LogP contribution in [0, 0.1) is 116 Å². The monoisotopic (exact) mass is 654 g/mol. The summed E-state index contributed by atoms with van der Waals surface area (Å²) in [4.78, 5) is 26.2. The largest absolute Gasteiger partial charge is 0.496 e. The Bertz CT molecular complexity index is 1910. The molecule has 13 aliphatic carbocycles. The fraction of sp³-hybridized carbons (Fsp3) is 0.733. The van der Waals surface area contributed by atoms with Crippen molar-refractivity contribution in [3.8, 4) is 11.5 Å². The number of methoxy groups -OCH3 is 2. The number of Topliss-reactive ketones (excluding diaryl/α,β-unsaturated/α-hetero) is 2. The molecule has 0 radical (unpaired) electrons. The van der Waals surface area contributed by atoms with E-state index in [1.807, 2.05) is 14.2 Å². The molecule has 2 aromatic rings. The molecule has 0 spiro atoms. The summed E-state index contributed by atoms with van der Waals surface area (Å²) in [5.41, 5.74) is 4.60. The summed E-state index contributed by atoms with van der Waals surface area (Å²) < 4.78 is 12.8. The molecule has 4 nitrogen and oxygen atoms in total. The van der Waals surface area contributed by atoms with E-state index in [0.29, 0.717) is 45.3 Å². The van der Waals surface area contributed by atoms with E-state index in [1.54, 1.807) is 0 Å². The molecule has 22 unspecified atom stereocenters. The van der Waals surface area contributed by atoms with Crippen molar-refractivity contribution in [3.63, 3.8) is 0 Å². The first kappa shape index (κ1) is 27.3. The van der Waals surface area contributed by atoms with Gasteiger partial charge in [-0.2, -0.15) is 0 Å². The van der Waals surface area contributed by atoms with E-state index in [1.165, 1.54) is 47.6 Å². The van der Waals surface area contributed by atoms with Crippen LogP contribution in [0.25, 0.3) is 10.8 Å². The second-order valence-corrected chi connectivity index (χ2v) is 21.0. The van der Waals surface area contributed by atoms with E-state index in [0.717, 1.165) is 88.9 Å². The summed E-state index contributed by atoms with van der Waals surface area (Å²) in [6.07, 6.45) is 6.44. The van der Waals surface area contributed by atoms with Crippen LogP contribution < -0.4 is 9.47 Å². The summed E-state index contributed by atoms with van der Waals surface area (Å²) >= 11 is 0. The van der Waals surface area contributed by atoms with Gasteiger partial charge in [-0.25, -0.2) is 0 Å². The van der Waals surface area contributed by atoms with Crippen LogP contribution >= 0.6 is 0 Å². The van der Waals surface area contributed by atoms with Gasteiger partial charge in [0.15, 0.2) is 0 Å². The molecule has 4 heteroatoms. The highest BCUT2D eigenvalue weighted by atomic mass is 16.5. The van der Waals surface area contributed by atoms with Gasteiger partial charge >= 0.3 is 0 Å². The van der Waals surface area contributed by atoms with Crippen LogP contribution in [0.1, 0.15) is 82.8 Å². The number of benzene rings is 2. The maximum Gasteiger partial charge on any atom is 0.202 e. The molecule has 0 aliphatic heterocycles. The van der Waals surface area contributed by atoms with Crippen molar-refractivity contribution in [2.45, 2.75) is 71.6 Å². The highest BCUT2D eigenvalue weighted by Crippen LogP contribution is 3.01. The van der Waals surface area contributed by atoms with Gasteiger partial charge in [0.1, 0.15) is 11.5 Å². The van der Waals surface area contributed by atoms with Crippen molar-refractivity contribution in [2.75, 3.05) is 14.2 Å². The Hall–Kier alpha value is -2.36. The van der Waals surface area contributed by atoms with Gasteiger partial charge in [0.05, 0.1) is 14.2 Å². The third kappa shape index (κ3) is 2.10. The van der Waals surface area contributed by atoms with Gasteiger partial charge < -0.3 is 9.47 Å². The highest BCUT2D eigenvalue weighted by Gasteiger charge is 2.97. The standard InChI is InChI=1S/C45H50O4/c1-42-30-20-13-21(27-19-12-11-18(26(20)27)28-29(19)41(49-6)17-10-8-7-9-16(17)40(28)48-5)31(30)43(42,2)33-23-14-22(32(33)42)34-35(23)45(4)37-25-15-24(38(46)39(25)47)36(37)44(34,45)3/h7-10,18-27,30-37H,11-15H2,1-6H3. The van der Waals surface area contributed by atoms with Gasteiger partial charge in [0.25, 0.3) is 0 Å². The average molecular weight is 655 g/mol. The number of hydrogen-bond donors (Lipinski definition) is 0. The van der Waals surface area contributed by atoms with Crippen molar-refractivity contribution in [3.05, 3.63) is 35.4 Å². The van der Waals surface area contributed by atoms with Crippen LogP contribution in [-0.2, 0) is 9.59 Å². The van der Waals surface area contributed by atoms with E-state index in [2.05, 4.69) is 52.0 Å². The van der Waals surface area contributed by atoms with Gasteiger partial charge in [-0.05, 0) is 148 Å². The lowest BCUT2D eigenvalue weighted by Gasteiger charge is -2.91. The quantitative estimate of drug-likeness (QED) is 0.242. The Morgan fingerprint density at radius 1 is 0.510 bits per heavy atom. The summed E-state index contributed by atoms with van der Waals surface area (Å²) in [6, 6.07) is 8.83. The summed E-state index contributed by atoms with van der Waals surface area (Å²) in [6.45, 7) is 10.9. The number of fused-ring (bicyclic) bond motifs is 30. The molecule has 13 aliphatic rings. The lowest BCUT2D eigenvalue weighted by atomic mass is 9.13. The second kappa shape index (κ2) is 7.43. The molecule has 0 N–H and O–H groups in total. The minimum Gasteiger partial charge on any atom is -0.496 e. The zero-order valence-corrected chi connectivity index (χ0v) is 29.9. The van der Waals surface area contributed by atoms with Gasteiger partial charge in [0, 0.05) is 33.7 Å². The van der Waals surface area contributed by atoms with E-state index < -0.39 is 0 Å². The van der Waals surface area contributed by atoms with Crippen molar-refractivity contribution < 1.29 is 19.1 Å². The molecule has 0 aromatic heterocycles. The molecular weight excluding hydrogens is 604 g/mol. The summed E-state index contributed by atoms with van der Waals surface area (Å²) in [5, 5.41) is 2.46. The molecule has 11 saturated carbocycles. The Balaban J connectivity index is 0.874. The molecule has 11 fully saturated rings. The van der Waals surface area contributed by atoms with Crippen molar-refractivity contribution in [1.29, 1.82) is 0 Å². The molecular formula is C45H50O4. The fourth-order valence-corrected chi connectivity index (χ4v) is 21.9. The first-order valence-electron chi connectivity index (χ1n) is 20.4. The molecule has 254 valence electrons. The van der Waals surface area contributed by atoms with E-state index in [9.17, 15) is 9.59 Å². The van der Waals surface area contributed by atoms with Crippen LogP contribution in [0.3, 0.4) is 0 Å². The number of ether oxygens (including phenoxy) is 2. The van der Waals surface area contributed by atoms with Crippen molar-refractivity contribution in [1.82, 2.24) is 0 Å². The number of ketones is 2. The van der Waals surface area contributed by atoms with Crippen molar-refractivity contribution >= 4 is 22.3 Å². The predicted molar refractivity (Wildman–Crippen MR) is 184 cm³/mol. The van der Waals surface area contributed by atoms with Gasteiger partial charge in [0.2, 0.25) is 11.6 Å². The highest BCUT2D eigenvalue weighted by molar-refractivity contribution is 6.41. The Morgan fingerprint density at radius 3 is 1.29 bits per heavy atom. The number of carbonyl (C=O) groups is 2. The smallest absolute Gasteiger partial charge is 0.202 e. The normalized spacial score (nSPS) is 62.9. The average Bonchev–Trinajstić information content (AvgIpc) is 3.97. The minimum atomic E-state index is 0.0196. The van der Waals surface area contributed by atoms with E-state index in [4.69, 9.17) is 9.47 Å². The summed E-state index contributed by atoms with van der Waals surface area (Å²) in [5.74, 6) is 14.9. The lowest BCUT2D eigenvalue weighted by Crippen LogP contribution is -2.88. The van der Waals surface area contributed by atoms with Crippen LogP contribution in [0.15, 0.2) is 24.3 Å². The van der Waals surface area contributed by atoms with Crippen LogP contribution in [0.5, 0.6) is 11.5 Å². The first-order chi connectivity index (χ1) is 23.6. The zero-order valence-electron chi connectivity index (χ0n) is 29.9. The van der Waals surface area contributed by atoms with E-state index in [-0.39, 0.29) is 23.4 Å². The van der Waals surface area contributed by atoms with Crippen molar-refractivity contribution in [2.24, 2.45) is 116 Å². The molecule has 2 aromatic carbocycles. The lowest BCUT2D eigenvalue weighted by molar-refractivity contribution is -0.441. The molecule has 0 saturated heterocycles. The second-order valence-electron chi connectivity index (χ2n) is 21.0. The number of hydrogen-bond acceptors (Lipinski definition) is 4. The van der Waals surface area contributed by atoms with Gasteiger partial charge in [-0.1, -0.05) is 52.0 Å². The van der Waals surface area contributed by atoms with Gasteiger partial charge in [-0.15, -0.1) is 0 Å². The minimum absolute atomic E-state index is 0.0196. The zero-order chi connectivity index (χ0) is 32.8. The molecule has 8 bridgehead atoms. The van der Waals surface area contributed by atoms with Crippen LogP contribution in [0.4, 0.5) is 0 Å². The van der Waals surface area contributed by atoms with Gasteiger partial charge in [-0.3, -0.25) is 9.59 Å². The van der Waals surface area contributed by atoms with Crippen LogP contribution in [0.2, 0.25) is 0 Å². The maximum atomic E-state index is 13.1. The molecule has 15 rings (SSSR count). The molecule has 0 heterocycles.